The summed E-state index contributed by atoms with van der Waals surface area (Å²) in [6.07, 6.45) is 4.18. The Bertz CT molecular complexity index is 519. The molecule has 0 spiro atoms. The highest BCUT2D eigenvalue weighted by Crippen LogP contribution is 2.24. The van der Waals surface area contributed by atoms with Gasteiger partial charge >= 0.3 is 6.03 Å². The Morgan fingerprint density at radius 1 is 1.35 bits per heavy atom. The summed E-state index contributed by atoms with van der Waals surface area (Å²) in [7, 11) is 0. The molecule has 0 saturated heterocycles. The van der Waals surface area contributed by atoms with Crippen LogP contribution in [-0.4, -0.2) is 30.4 Å². The van der Waals surface area contributed by atoms with Gasteiger partial charge < -0.3 is 20.5 Å². The first-order valence-corrected chi connectivity index (χ1v) is 8.51. The number of nitrogens with one attached hydrogen (secondary N) is 2. The fourth-order valence-corrected chi connectivity index (χ4v) is 3.16. The van der Waals surface area contributed by atoms with Crippen LogP contribution < -0.4 is 15.4 Å². The normalized spacial score (nSPS) is 20.8. The molecule has 23 heavy (non-hydrogen) atoms. The van der Waals surface area contributed by atoms with Crippen LogP contribution >= 0.6 is 0 Å². The fraction of sp³-hybridized carbons (Fsp3) is 0.611. The summed E-state index contributed by atoms with van der Waals surface area (Å²) in [6, 6.07) is 5.85. The van der Waals surface area contributed by atoms with E-state index in [0.717, 1.165) is 42.6 Å². The summed E-state index contributed by atoms with van der Waals surface area (Å²) >= 11 is 0. The number of benzene rings is 1. The SMILES string of the molecule is CCOc1ccc(CNC(=O)NC2CCCCC2CO)cc1C. The van der Waals surface area contributed by atoms with E-state index in [0.29, 0.717) is 13.2 Å². The van der Waals surface area contributed by atoms with E-state index in [1.54, 1.807) is 0 Å². The van der Waals surface area contributed by atoms with Gasteiger partial charge in [0, 0.05) is 25.1 Å². The smallest absolute Gasteiger partial charge is 0.315 e. The molecular weight excluding hydrogens is 292 g/mol. The second-order valence-electron chi connectivity index (χ2n) is 6.19. The minimum Gasteiger partial charge on any atom is -0.494 e. The number of rotatable bonds is 6. The molecule has 0 aromatic heterocycles. The average Bonchev–Trinajstić information content (AvgIpc) is 2.56. The molecule has 0 aliphatic heterocycles. The van der Waals surface area contributed by atoms with Crippen LogP contribution in [0.5, 0.6) is 5.75 Å². The third kappa shape index (κ3) is 5.13. The van der Waals surface area contributed by atoms with Crippen molar-refractivity contribution in [1.29, 1.82) is 0 Å². The van der Waals surface area contributed by atoms with Crippen LogP contribution in [0.15, 0.2) is 18.2 Å². The molecule has 5 heteroatoms. The van der Waals surface area contributed by atoms with E-state index >= 15 is 0 Å². The van der Waals surface area contributed by atoms with Crippen LogP contribution in [0.3, 0.4) is 0 Å². The molecule has 1 aromatic rings. The van der Waals surface area contributed by atoms with Gasteiger partial charge in [0.2, 0.25) is 0 Å². The lowest BCUT2D eigenvalue weighted by molar-refractivity contribution is 0.153. The quantitative estimate of drug-likeness (QED) is 0.755. The van der Waals surface area contributed by atoms with Gasteiger partial charge in [0.15, 0.2) is 0 Å². The Morgan fingerprint density at radius 2 is 2.13 bits per heavy atom. The Labute approximate surface area is 138 Å². The van der Waals surface area contributed by atoms with Gasteiger partial charge in [0.05, 0.1) is 6.61 Å². The Balaban J connectivity index is 1.83. The molecule has 0 heterocycles. The van der Waals surface area contributed by atoms with Crippen molar-refractivity contribution in [1.82, 2.24) is 10.6 Å². The van der Waals surface area contributed by atoms with Gasteiger partial charge in [0.1, 0.15) is 5.75 Å². The maximum absolute atomic E-state index is 12.1. The lowest BCUT2D eigenvalue weighted by Gasteiger charge is -2.30. The second-order valence-corrected chi connectivity index (χ2v) is 6.19. The van der Waals surface area contributed by atoms with Crippen LogP contribution in [-0.2, 0) is 6.54 Å². The molecule has 3 N–H and O–H groups in total. The minimum absolute atomic E-state index is 0.0795. The number of hydrogen-bond donors (Lipinski definition) is 3. The van der Waals surface area contributed by atoms with Gasteiger partial charge in [-0.15, -0.1) is 0 Å². The van der Waals surface area contributed by atoms with Crippen molar-refractivity contribution in [2.75, 3.05) is 13.2 Å². The topological polar surface area (TPSA) is 70.6 Å². The molecule has 0 radical (unpaired) electrons. The third-order valence-electron chi connectivity index (χ3n) is 4.45. The van der Waals surface area contributed by atoms with Crippen molar-refractivity contribution in [2.45, 2.75) is 52.1 Å². The Hall–Kier alpha value is -1.75. The average molecular weight is 320 g/mol. The summed E-state index contributed by atoms with van der Waals surface area (Å²) in [5.74, 6) is 1.07. The predicted octanol–water partition coefficient (Wildman–Crippen LogP) is 2.74. The zero-order chi connectivity index (χ0) is 16.7. The molecular formula is C18H28N2O3. The number of aliphatic hydroxyl groups excluding tert-OH is 1. The molecule has 1 aromatic carbocycles. The number of carbonyl (C=O) groups excluding carboxylic acids is 1. The summed E-state index contributed by atoms with van der Waals surface area (Å²) in [5.41, 5.74) is 2.11. The van der Waals surface area contributed by atoms with Crippen LogP contribution in [0.1, 0.15) is 43.7 Å². The standard InChI is InChI=1S/C18H28N2O3/c1-3-23-17-9-8-14(10-13(17)2)11-19-18(22)20-16-7-5-4-6-15(16)12-21/h8-10,15-16,21H,3-7,11-12H2,1-2H3,(H2,19,20,22). The van der Waals surface area contributed by atoms with Crippen molar-refractivity contribution in [3.63, 3.8) is 0 Å². The van der Waals surface area contributed by atoms with E-state index in [-0.39, 0.29) is 24.6 Å². The highest BCUT2D eigenvalue weighted by Gasteiger charge is 2.25. The predicted molar refractivity (Wildman–Crippen MR) is 90.6 cm³/mol. The molecule has 2 amide bonds. The highest BCUT2D eigenvalue weighted by atomic mass is 16.5. The molecule has 1 aliphatic rings. The molecule has 2 unspecified atom stereocenters. The maximum Gasteiger partial charge on any atom is 0.315 e. The summed E-state index contributed by atoms with van der Waals surface area (Å²) in [4.78, 5) is 12.1. The number of ether oxygens (including phenoxy) is 1. The minimum atomic E-state index is -0.165. The first-order valence-electron chi connectivity index (χ1n) is 8.51. The molecule has 2 rings (SSSR count). The molecule has 5 nitrogen and oxygen atoms in total. The lowest BCUT2D eigenvalue weighted by atomic mass is 9.85. The van der Waals surface area contributed by atoms with E-state index < -0.39 is 0 Å². The molecule has 128 valence electrons. The number of hydrogen-bond acceptors (Lipinski definition) is 3. The van der Waals surface area contributed by atoms with Crippen molar-refractivity contribution < 1.29 is 14.6 Å². The first-order chi connectivity index (χ1) is 11.1. The van der Waals surface area contributed by atoms with E-state index in [1.165, 1.54) is 0 Å². The van der Waals surface area contributed by atoms with Gasteiger partial charge in [-0.05, 0) is 43.9 Å². The van der Waals surface area contributed by atoms with E-state index in [4.69, 9.17) is 4.74 Å². The van der Waals surface area contributed by atoms with Crippen molar-refractivity contribution in [3.8, 4) is 5.75 Å². The van der Waals surface area contributed by atoms with E-state index in [9.17, 15) is 9.90 Å². The molecule has 2 atom stereocenters. The number of urea groups is 1. The van der Waals surface area contributed by atoms with Gasteiger partial charge in [-0.25, -0.2) is 4.79 Å². The van der Waals surface area contributed by atoms with Gasteiger partial charge in [-0.3, -0.25) is 0 Å². The molecule has 0 bridgehead atoms. The van der Waals surface area contributed by atoms with Crippen LogP contribution in [0.2, 0.25) is 0 Å². The molecule has 1 fully saturated rings. The van der Waals surface area contributed by atoms with Gasteiger partial charge in [-0.1, -0.05) is 25.0 Å². The zero-order valence-corrected chi connectivity index (χ0v) is 14.1. The third-order valence-corrected chi connectivity index (χ3v) is 4.45. The monoisotopic (exact) mass is 320 g/mol. The molecule has 1 aliphatic carbocycles. The van der Waals surface area contributed by atoms with Crippen molar-refractivity contribution in [3.05, 3.63) is 29.3 Å². The van der Waals surface area contributed by atoms with Crippen molar-refractivity contribution in [2.24, 2.45) is 5.92 Å². The number of amides is 2. The number of aliphatic hydroxyl groups is 1. The van der Waals surface area contributed by atoms with E-state index in [1.807, 2.05) is 32.0 Å². The second kappa shape index (κ2) is 8.77. The summed E-state index contributed by atoms with van der Waals surface area (Å²) in [5, 5.41) is 15.3. The van der Waals surface area contributed by atoms with Crippen LogP contribution in [0, 0.1) is 12.8 Å². The lowest BCUT2D eigenvalue weighted by Crippen LogP contribution is -2.47. The Kier molecular flexibility index (Phi) is 6.71. The highest BCUT2D eigenvalue weighted by molar-refractivity contribution is 5.74. The van der Waals surface area contributed by atoms with Gasteiger partial charge in [0.25, 0.3) is 0 Å². The Morgan fingerprint density at radius 3 is 2.83 bits per heavy atom. The fourth-order valence-electron chi connectivity index (χ4n) is 3.16. The van der Waals surface area contributed by atoms with E-state index in [2.05, 4.69) is 10.6 Å². The van der Waals surface area contributed by atoms with Gasteiger partial charge in [-0.2, -0.15) is 0 Å². The number of aryl methyl sites for hydroxylation is 1. The maximum atomic E-state index is 12.1. The zero-order valence-electron chi connectivity index (χ0n) is 14.1. The van der Waals surface area contributed by atoms with Crippen molar-refractivity contribution >= 4 is 6.03 Å². The van der Waals surface area contributed by atoms with Crippen LogP contribution in [0.4, 0.5) is 4.79 Å². The molecule has 1 saturated carbocycles. The van der Waals surface area contributed by atoms with Crippen LogP contribution in [0.25, 0.3) is 0 Å². The summed E-state index contributed by atoms with van der Waals surface area (Å²) < 4.78 is 5.52. The first kappa shape index (κ1) is 17.6. The summed E-state index contributed by atoms with van der Waals surface area (Å²) in [6.45, 7) is 5.24. The number of carbonyl (C=O) groups is 1. The largest absolute Gasteiger partial charge is 0.494 e.